The van der Waals surface area contributed by atoms with Gasteiger partial charge in [0.25, 0.3) is 0 Å². The normalized spacial score (nSPS) is 27.1. The van der Waals surface area contributed by atoms with Crippen molar-refractivity contribution in [2.45, 2.75) is 38.0 Å². The molecule has 0 radical (unpaired) electrons. The Balaban J connectivity index is 1.97. The van der Waals surface area contributed by atoms with E-state index in [2.05, 4.69) is 5.32 Å². The molecule has 3 N–H and O–H groups in total. The maximum absolute atomic E-state index is 14.8. The number of fused-ring (bicyclic) bond motifs is 1. The van der Waals surface area contributed by atoms with Crippen LogP contribution in [0.2, 0.25) is 0 Å². The highest BCUT2D eigenvalue weighted by atomic mass is 32.2. The lowest BCUT2D eigenvalue weighted by molar-refractivity contribution is 0.0240. The number of hydrogen-bond donors (Lipinski definition) is 2. The first-order valence-electron chi connectivity index (χ1n) is 9.03. The average molecular weight is 411 g/mol. The fraction of sp³-hybridized carbons (Fsp3) is 0.579. The van der Waals surface area contributed by atoms with E-state index in [1.165, 1.54) is 23.9 Å². The Kier molecular flexibility index (Phi) is 5.88. The number of ether oxygens (including phenoxy) is 3. The van der Waals surface area contributed by atoms with Crippen molar-refractivity contribution in [3.8, 4) is 0 Å². The highest BCUT2D eigenvalue weighted by Crippen LogP contribution is 2.48. The van der Waals surface area contributed by atoms with Gasteiger partial charge in [0.2, 0.25) is 0 Å². The number of nitrogens with two attached hydrogens (primary N) is 1. The number of thioether (sulfide) groups is 1. The molecule has 154 valence electrons. The zero-order chi connectivity index (χ0) is 20.5. The molecule has 1 aromatic carbocycles. The van der Waals surface area contributed by atoms with Crippen LogP contribution in [0.3, 0.4) is 0 Å². The Morgan fingerprint density at radius 2 is 2.25 bits per heavy atom. The zero-order valence-corrected chi connectivity index (χ0v) is 17.3. The maximum atomic E-state index is 14.8. The Morgan fingerprint density at radius 3 is 2.93 bits per heavy atom. The monoisotopic (exact) mass is 411 g/mol. The van der Waals surface area contributed by atoms with Gasteiger partial charge in [0.05, 0.1) is 19.3 Å². The number of amidine groups is 1. The van der Waals surface area contributed by atoms with Crippen molar-refractivity contribution >= 4 is 28.7 Å². The first-order valence-corrected chi connectivity index (χ1v) is 10.0. The molecule has 2 heterocycles. The highest BCUT2D eigenvalue weighted by Gasteiger charge is 2.54. The van der Waals surface area contributed by atoms with E-state index in [9.17, 15) is 9.18 Å². The Morgan fingerprint density at radius 1 is 1.50 bits per heavy atom. The Bertz CT molecular complexity index is 783. The number of halogens is 1. The number of alkyl carbamates (subject to hydrolysis) is 1. The molecule has 0 spiro atoms. The third kappa shape index (κ3) is 4.26. The lowest BCUT2D eigenvalue weighted by Crippen LogP contribution is -2.45. The van der Waals surface area contributed by atoms with Gasteiger partial charge in [-0.2, -0.15) is 0 Å². The van der Waals surface area contributed by atoms with Crippen molar-refractivity contribution in [3.05, 3.63) is 29.6 Å². The van der Waals surface area contributed by atoms with E-state index in [0.717, 1.165) is 0 Å². The summed E-state index contributed by atoms with van der Waals surface area (Å²) >= 11 is 1.38. The van der Waals surface area contributed by atoms with Crippen molar-refractivity contribution in [2.75, 3.05) is 31.8 Å². The van der Waals surface area contributed by atoms with E-state index in [1.54, 1.807) is 33.9 Å². The van der Waals surface area contributed by atoms with Crippen molar-refractivity contribution in [2.24, 2.45) is 10.9 Å². The summed E-state index contributed by atoms with van der Waals surface area (Å²) < 4.78 is 31.3. The summed E-state index contributed by atoms with van der Waals surface area (Å²) in [6.45, 7) is 5.89. The zero-order valence-electron chi connectivity index (χ0n) is 16.5. The van der Waals surface area contributed by atoms with Crippen LogP contribution in [0.1, 0.15) is 26.3 Å². The predicted molar refractivity (Wildman–Crippen MR) is 107 cm³/mol. The number of hydrogen-bond acceptors (Lipinski definition) is 7. The van der Waals surface area contributed by atoms with Crippen LogP contribution < -0.4 is 11.1 Å². The van der Waals surface area contributed by atoms with Crippen LogP contribution in [0.5, 0.6) is 0 Å². The van der Waals surface area contributed by atoms with E-state index in [-0.39, 0.29) is 18.6 Å². The topological polar surface area (TPSA) is 95.2 Å². The summed E-state index contributed by atoms with van der Waals surface area (Å²) in [4.78, 5) is 16.9. The quantitative estimate of drug-likeness (QED) is 0.743. The first kappa shape index (κ1) is 20.9. The molecule has 0 aromatic heterocycles. The van der Waals surface area contributed by atoms with E-state index in [4.69, 9.17) is 24.9 Å². The number of carbonyl (C=O) groups excluding carboxylic acids is 1. The largest absolute Gasteiger partial charge is 0.444 e. The number of anilines is 1. The van der Waals surface area contributed by atoms with Crippen LogP contribution in [-0.4, -0.2) is 49.0 Å². The summed E-state index contributed by atoms with van der Waals surface area (Å²) in [7, 11) is 1.60. The smallest absolute Gasteiger partial charge is 0.413 e. The van der Waals surface area contributed by atoms with Gasteiger partial charge in [-0.3, -0.25) is 5.32 Å². The lowest BCUT2D eigenvalue weighted by atomic mass is 9.78. The molecule has 9 heteroatoms. The van der Waals surface area contributed by atoms with Crippen molar-refractivity contribution in [1.82, 2.24) is 5.32 Å². The van der Waals surface area contributed by atoms with Crippen LogP contribution in [0, 0.1) is 11.7 Å². The van der Waals surface area contributed by atoms with Crippen LogP contribution in [0.25, 0.3) is 0 Å². The molecule has 2 aliphatic rings. The number of nitrogen functional groups attached to an aromatic ring is 1. The lowest BCUT2D eigenvalue weighted by Gasteiger charge is -2.36. The minimum absolute atomic E-state index is 0.127. The van der Waals surface area contributed by atoms with E-state index >= 15 is 0 Å². The third-order valence-electron chi connectivity index (χ3n) is 4.68. The van der Waals surface area contributed by atoms with Crippen LogP contribution in [-0.2, 0) is 19.7 Å². The summed E-state index contributed by atoms with van der Waals surface area (Å²) in [6, 6.07) is 4.43. The minimum Gasteiger partial charge on any atom is -0.444 e. The van der Waals surface area contributed by atoms with Gasteiger partial charge in [-0.1, -0.05) is 11.8 Å². The third-order valence-corrected chi connectivity index (χ3v) is 5.67. The highest BCUT2D eigenvalue weighted by molar-refractivity contribution is 8.13. The van der Waals surface area contributed by atoms with Gasteiger partial charge in [0, 0.05) is 30.0 Å². The molecule has 2 aliphatic heterocycles. The molecule has 1 amide bonds. The molecule has 3 rings (SSSR count). The van der Waals surface area contributed by atoms with Gasteiger partial charge in [-0.15, -0.1) is 0 Å². The van der Waals surface area contributed by atoms with Gasteiger partial charge >= 0.3 is 6.09 Å². The summed E-state index contributed by atoms with van der Waals surface area (Å²) in [5.74, 6) is 0.0442. The molecular weight excluding hydrogens is 385 g/mol. The van der Waals surface area contributed by atoms with Gasteiger partial charge in [-0.25, -0.2) is 14.2 Å². The first-order chi connectivity index (χ1) is 13.1. The fourth-order valence-electron chi connectivity index (χ4n) is 3.50. The number of carbonyl (C=O) groups is 1. The molecule has 28 heavy (non-hydrogen) atoms. The van der Waals surface area contributed by atoms with E-state index < -0.39 is 23.1 Å². The van der Waals surface area contributed by atoms with Crippen LogP contribution >= 0.6 is 11.8 Å². The Hall–Kier alpha value is -1.84. The maximum Gasteiger partial charge on any atom is 0.413 e. The molecule has 0 aliphatic carbocycles. The van der Waals surface area contributed by atoms with Gasteiger partial charge in [-0.05, 0) is 39.0 Å². The second kappa shape index (κ2) is 7.88. The minimum atomic E-state index is -0.988. The predicted octanol–water partition coefficient (Wildman–Crippen LogP) is 2.89. The second-order valence-electron chi connectivity index (χ2n) is 7.93. The van der Waals surface area contributed by atoms with Crippen LogP contribution in [0.4, 0.5) is 14.9 Å². The number of rotatable bonds is 3. The summed E-state index contributed by atoms with van der Waals surface area (Å²) in [6.07, 6.45) is -0.835. The number of benzene rings is 1. The molecule has 1 saturated heterocycles. The second-order valence-corrected chi connectivity index (χ2v) is 8.94. The summed E-state index contributed by atoms with van der Waals surface area (Å²) in [5, 5.41) is 3.04. The molecule has 1 aromatic rings. The number of methoxy groups -OCH3 is 1. The summed E-state index contributed by atoms with van der Waals surface area (Å²) in [5.41, 5.74) is 5.09. The van der Waals surface area contributed by atoms with Gasteiger partial charge in [0.15, 0.2) is 5.17 Å². The van der Waals surface area contributed by atoms with E-state index in [0.29, 0.717) is 28.8 Å². The molecular formula is C19H26FN3O4S. The Labute approximate surface area is 168 Å². The standard InChI is InChI=1S/C19H26FN3O4S/c1-18(2,3)27-17(24)22-16-23-19(12-7-11(21)5-6-14(12)20)10-26-15(8-25-4)13(19)9-28-16/h5-7,13,15H,8-10,21H2,1-4H3,(H,22,23,24). The molecule has 0 saturated carbocycles. The van der Waals surface area contributed by atoms with Crippen LogP contribution in [0.15, 0.2) is 23.2 Å². The van der Waals surface area contributed by atoms with Crippen molar-refractivity contribution < 1.29 is 23.4 Å². The molecule has 0 bridgehead atoms. The molecule has 3 unspecified atom stereocenters. The molecule has 7 nitrogen and oxygen atoms in total. The van der Waals surface area contributed by atoms with Gasteiger partial charge < -0.3 is 19.9 Å². The fourth-order valence-corrected chi connectivity index (χ4v) is 4.71. The average Bonchev–Trinajstić information content (AvgIpc) is 2.94. The number of aliphatic imine (C=N–C) groups is 1. The number of nitrogens with one attached hydrogen (secondary N) is 1. The van der Waals surface area contributed by atoms with Crippen molar-refractivity contribution in [1.29, 1.82) is 0 Å². The molecule has 1 fully saturated rings. The number of nitrogens with zero attached hydrogens (tertiary/aromatic N) is 1. The van der Waals surface area contributed by atoms with Crippen molar-refractivity contribution in [3.63, 3.8) is 0 Å². The molecule has 3 atom stereocenters. The van der Waals surface area contributed by atoms with E-state index in [1.807, 2.05) is 0 Å². The SMILES string of the molecule is COCC1OCC2(c3cc(N)ccc3F)N=C(NC(=O)OC(C)(C)C)SCC12. The number of amides is 1. The van der Waals surface area contributed by atoms with Gasteiger partial charge in [0.1, 0.15) is 17.0 Å².